The first-order valence-corrected chi connectivity index (χ1v) is 7.83. The van der Waals surface area contributed by atoms with E-state index in [1.54, 1.807) is 0 Å². The predicted molar refractivity (Wildman–Crippen MR) is 76.0 cm³/mol. The predicted octanol–water partition coefficient (Wildman–Crippen LogP) is 1.65. The zero-order chi connectivity index (χ0) is 13.7. The van der Waals surface area contributed by atoms with Crippen LogP contribution in [0.15, 0.2) is 0 Å². The van der Waals surface area contributed by atoms with Crippen molar-refractivity contribution in [3.63, 3.8) is 0 Å². The number of nitrogens with one attached hydrogen (secondary N) is 1. The molecule has 2 aliphatic heterocycles. The number of likely N-dealkylation sites (tertiary alicyclic amines) is 1. The Morgan fingerprint density at radius 1 is 1.37 bits per heavy atom. The number of carbonyl (C=O) groups is 1. The lowest BCUT2D eigenvalue weighted by Gasteiger charge is -2.40. The molecule has 0 radical (unpaired) electrons. The zero-order valence-corrected chi connectivity index (χ0v) is 12.4. The maximum atomic E-state index is 11.9. The second kappa shape index (κ2) is 7.25. The van der Waals surface area contributed by atoms with Crippen LogP contribution in [0, 0.1) is 11.8 Å². The van der Waals surface area contributed by atoms with Crippen molar-refractivity contribution in [2.24, 2.45) is 11.8 Å². The maximum Gasteiger partial charge on any atom is 0.310 e. The summed E-state index contributed by atoms with van der Waals surface area (Å²) in [7, 11) is 0. The molecule has 4 nitrogen and oxygen atoms in total. The van der Waals surface area contributed by atoms with Crippen molar-refractivity contribution in [3.8, 4) is 0 Å². The number of rotatable bonds is 4. The van der Waals surface area contributed by atoms with Crippen LogP contribution in [0.2, 0.25) is 0 Å². The highest BCUT2D eigenvalue weighted by Gasteiger charge is 2.32. The van der Waals surface area contributed by atoms with Crippen molar-refractivity contribution in [1.29, 1.82) is 0 Å². The largest absolute Gasteiger partial charge is 0.466 e. The van der Waals surface area contributed by atoms with E-state index >= 15 is 0 Å². The van der Waals surface area contributed by atoms with Gasteiger partial charge in [-0.15, -0.1) is 0 Å². The summed E-state index contributed by atoms with van der Waals surface area (Å²) < 4.78 is 5.18. The maximum absolute atomic E-state index is 11.9. The van der Waals surface area contributed by atoms with Gasteiger partial charge in [0.25, 0.3) is 0 Å². The van der Waals surface area contributed by atoms with Gasteiger partial charge in [-0.2, -0.15) is 0 Å². The van der Waals surface area contributed by atoms with Crippen molar-refractivity contribution >= 4 is 5.97 Å². The molecular formula is C15H28N2O2. The minimum absolute atomic E-state index is 0.00436. The van der Waals surface area contributed by atoms with Gasteiger partial charge >= 0.3 is 5.97 Å². The Morgan fingerprint density at radius 3 is 2.79 bits per heavy atom. The summed E-state index contributed by atoms with van der Waals surface area (Å²) in [6.07, 6.45) is 4.65. The third-order valence-corrected chi connectivity index (χ3v) is 4.71. The Kier molecular flexibility index (Phi) is 5.64. The van der Waals surface area contributed by atoms with Crippen molar-refractivity contribution < 1.29 is 9.53 Å². The number of nitrogens with zero attached hydrogens (tertiary/aromatic N) is 1. The van der Waals surface area contributed by atoms with Gasteiger partial charge in [0.05, 0.1) is 12.5 Å². The Bertz CT molecular complexity index is 290. The first-order valence-electron chi connectivity index (χ1n) is 7.83. The van der Waals surface area contributed by atoms with Gasteiger partial charge in [0.2, 0.25) is 0 Å². The molecule has 0 aliphatic carbocycles. The van der Waals surface area contributed by atoms with Gasteiger partial charge in [-0.25, -0.2) is 0 Å². The molecule has 0 aromatic heterocycles. The molecule has 19 heavy (non-hydrogen) atoms. The zero-order valence-electron chi connectivity index (χ0n) is 12.4. The molecule has 0 amide bonds. The molecule has 110 valence electrons. The van der Waals surface area contributed by atoms with Crippen molar-refractivity contribution in [1.82, 2.24) is 10.2 Å². The quantitative estimate of drug-likeness (QED) is 0.787. The Balaban J connectivity index is 1.87. The number of esters is 1. The molecule has 0 spiro atoms. The van der Waals surface area contributed by atoms with E-state index in [9.17, 15) is 4.79 Å². The van der Waals surface area contributed by atoms with Crippen LogP contribution < -0.4 is 5.32 Å². The Hall–Kier alpha value is -0.610. The van der Waals surface area contributed by atoms with E-state index in [4.69, 9.17) is 4.74 Å². The summed E-state index contributed by atoms with van der Waals surface area (Å²) >= 11 is 0. The Labute approximate surface area is 116 Å². The van der Waals surface area contributed by atoms with Gasteiger partial charge in [0, 0.05) is 12.6 Å². The lowest BCUT2D eigenvalue weighted by Crippen LogP contribution is -2.48. The summed E-state index contributed by atoms with van der Waals surface area (Å²) in [4.78, 5) is 14.4. The van der Waals surface area contributed by atoms with Gasteiger partial charge in [-0.3, -0.25) is 9.69 Å². The van der Waals surface area contributed by atoms with Gasteiger partial charge in [-0.1, -0.05) is 0 Å². The summed E-state index contributed by atoms with van der Waals surface area (Å²) in [6, 6.07) is 0.597. The highest BCUT2D eigenvalue weighted by molar-refractivity contribution is 5.72. The standard InChI is InChI=1S/C15H28N2O2/c1-3-19-15(18)14-5-4-10-17(11-14)12(2)13-6-8-16-9-7-13/h12-14,16H,3-11H2,1-2H3. The number of ether oxygens (including phenoxy) is 1. The highest BCUT2D eigenvalue weighted by atomic mass is 16.5. The van der Waals surface area contributed by atoms with Gasteiger partial charge < -0.3 is 10.1 Å². The minimum Gasteiger partial charge on any atom is -0.466 e. The van der Waals surface area contributed by atoms with E-state index in [0.29, 0.717) is 12.6 Å². The fourth-order valence-corrected chi connectivity index (χ4v) is 3.45. The molecule has 2 atom stereocenters. The average molecular weight is 268 g/mol. The Morgan fingerprint density at radius 2 is 2.11 bits per heavy atom. The fourth-order valence-electron chi connectivity index (χ4n) is 3.45. The first kappa shape index (κ1) is 14.8. The van der Waals surface area contributed by atoms with E-state index in [-0.39, 0.29) is 11.9 Å². The highest BCUT2D eigenvalue weighted by Crippen LogP contribution is 2.26. The molecular weight excluding hydrogens is 240 g/mol. The van der Waals surface area contributed by atoms with Crippen molar-refractivity contribution in [3.05, 3.63) is 0 Å². The topological polar surface area (TPSA) is 41.6 Å². The third-order valence-electron chi connectivity index (χ3n) is 4.71. The second-order valence-corrected chi connectivity index (χ2v) is 5.91. The van der Waals surface area contributed by atoms with Crippen LogP contribution in [-0.2, 0) is 9.53 Å². The van der Waals surface area contributed by atoms with Gasteiger partial charge in [-0.05, 0) is 65.1 Å². The van der Waals surface area contributed by atoms with Crippen LogP contribution in [0.1, 0.15) is 39.5 Å². The summed E-state index contributed by atoms with van der Waals surface area (Å²) in [5.74, 6) is 0.879. The summed E-state index contributed by atoms with van der Waals surface area (Å²) in [6.45, 7) is 9.04. The smallest absolute Gasteiger partial charge is 0.310 e. The van der Waals surface area contributed by atoms with E-state index in [2.05, 4.69) is 17.1 Å². The van der Waals surface area contributed by atoms with E-state index < -0.39 is 0 Å². The normalized spacial score (nSPS) is 28.0. The number of hydrogen-bond acceptors (Lipinski definition) is 4. The molecule has 1 N–H and O–H groups in total. The van der Waals surface area contributed by atoms with E-state index in [0.717, 1.165) is 44.9 Å². The molecule has 2 heterocycles. The SMILES string of the molecule is CCOC(=O)C1CCCN(C(C)C2CCNCC2)C1. The molecule has 0 aromatic carbocycles. The molecule has 2 fully saturated rings. The van der Waals surface area contributed by atoms with Crippen LogP contribution in [0.3, 0.4) is 0 Å². The van der Waals surface area contributed by atoms with E-state index in [1.165, 1.54) is 12.8 Å². The lowest BCUT2D eigenvalue weighted by atomic mass is 9.88. The van der Waals surface area contributed by atoms with Crippen LogP contribution >= 0.6 is 0 Å². The summed E-state index contributed by atoms with van der Waals surface area (Å²) in [5.41, 5.74) is 0. The molecule has 0 aromatic rings. The molecule has 0 bridgehead atoms. The number of piperidine rings is 2. The van der Waals surface area contributed by atoms with Crippen LogP contribution in [0.4, 0.5) is 0 Å². The van der Waals surface area contributed by atoms with E-state index in [1.807, 2.05) is 6.92 Å². The van der Waals surface area contributed by atoms with Gasteiger partial charge in [0.1, 0.15) is 0 Å². The molecule has 2 unspecified atom stereocenters. The van der Waals surface area contributed by atoms with Gasteiger partial charge in [0.15, 0.2) is 0 Å². The monoisotopic (exact) mass is 268 g/mol. The average Bonchev–Trinajstić information content (AvgIpc) is 2.48. The number of carbonyl (C=O) groups excluding carboxylic acids is 1. The third kappa shape index (κ3) is 3.93. The lowest BCUT2D eigenvalue weighted by molar-refractivity contribution is -0.150. The van der Waals surface area contributed by atoms with Crippen molar-refractivity contribution in [2.75, 3.05) is 32.8 Å². The second-order valence-electron chi connectivity index (χ2n) is 5.91. The van der Waals surface area contributed by atoms with Crippen LogP contribution in [-0.4, -0.2) is 49.7 Å². The first-order chi connectivity index (χ1) is 9.22. The molecule has 0 saturated carbocycles. The van der Waals surface area contributed by atoms with Crippen LogP contribution in [0.25, 0.3) is 0 Å². The molecule has 2 saturated heterocycles. The minimum atomic E-state index is 0.00436. The molecule has 2 aliphatic rings. The fraction of sp³-hybridized carbons (Fsp3) is 0.933. The van der Waals surface area contributed by atoms with Crippen LogP contribution in [0.5, 0.6) is 0 Å². The number of hydrogen-bond donors (Lipinski definition) is 1. The molecule has 2 rings (SSSR count). The summed E-state index contributed by atoms with van der Waals surface area (Å²) in [5, 5.41) is 3.42. The van der Waals surface area contributed by atoms with Crippen molar-refractivity contribution in [2.45, 2.75) is 45.6 Å². The molecule has 4 heteroatoms.